The van der Waals surface area contributed by atoms with E-state index in [-0.39, 0.29) is 11.5 Å². The summed E-state index contributed by atoms with van der Waals surface area (Å²) >= 11 is 1.49. The van der Waals surface area contributed by atoms with E-state index in [1.54, 1.807) is 0 Å². The van der Waals surface area contributed by atoms with Gasteiger partial charge < -0.3 is 5.32 Å². The molecule has 0 radical (unpaired) electrons. The van der Waals surface area contributed by atoms with Crippen LogP contribution >= 0.6 is 11.5 Å². The molecule has 0 aliphatic carbocycles. The minimum atomic E-state index is 0.0235. The topological polar surface area (TPSA) is 50.7 Å². The fourth-order valence-corrected chi connectivity index (χ4v) is 3.00. The molecular weight excluding hydrogens is 256 g/mol. The van der Waals surface area contributed by atoms with Gasteiger partial charge in [-0.1, -0.05) is 25.3 Å². The highest BCUT2D eigenvalue weighted by Gasteiger charge is 2.26. The molecule has 0 bridgehead atoms. The van der Waals surface area contributed by atoms with Crippen LogP contribution in [-0.2, 0) is 11.8 Å². The van der Waals surface area contributed by atoms with Gasteiger partial charge in [0, 0.05) is 23.9 Å². The molecule has 0 aliphatic rings. The fraction of sp³-hybridized carbons (Fsp3) is 0.500. The predicted octanol–water partition coefficient (Wildman–Crippen LogP) is 2.73. The Morgan fingerprint density at radius 3 is 2.53 bits per heavy atom. The first-order chi connectivity index (χ1) is 9.02. The van der Waals surface area contributed by atoms with E-state index in [4.69, 9.17) is 0 Å². The molecule has 0 aliphatic heterocycles. The quantitative estimate of drug-likeness (QED) is 0.933. The van der Waals surface area contributed by atoms with E-state index in [0.717, 1.165) is 12.1 Å². The SMILES string of the molecule is CNC(Cc1ccncc1)c1snnc1C(C)(C)C. The number of hydrogen-bond donors (Lipinski definition) is 1. The number of nitrogens with one attached hydrogen (secondary N) is 1. The zero-order valence-electron chi connectivity index (χ0n) is 11.8. The van der Waals surface area contributed by atoms with Gasteiger partial charge >= 0.3 is 0 Å². The molecule has 4 nitrogen and oxygen atoms in total. The van der Waals surface area contributed by atoms with Crippen LogP contribution in [0.5, 0.6) is 0 Å². The van der Waals surface area contributed by atoms with Crippen molar-refractivity contribution in [2.45, 2.75) is 38.6 Å². The number of pyridine rings is 1. The Morgan fingerprint density at radius 2 is 1.95 bits per heavy atom. The maximum absolute atomic E-state index is 4.31. The molecule has 0 saturated carbocycles. The molecule has 0 amide bonds. The van der Waals surface area contributed by atoms with Crippen LogP contribution in [0.3, 0.4) is 0 Å². The van der Waals surface area contributed by atoms with E-state index in [0.29, 0.717) is 0 Å². The molecule has 5 heteroatoms. The summed E-state index contributed by atoms with van der Waals surface area (Å²) in [5.41, 5.74) is 2.38. The second-order valence-electron chi connectivity index (χ2n) is 5.64. The molecule has 1 atom stereocenters. The van der Waals surface area contributed by atoms with Crippen LogP contribution in [0.4, 0.5) is 0 Å². The first-order valence-electron chi connectivity index (χ1n) is 6.41. The number of nitrogens with zero attached hydrogens (tertiary/aromatic N) is 3. The minimum Gasteiger partial charge on any atom is -0.312 e. The third-order valence-corrected chi connectivity index (χ3v) is 3.92. The zero-order chi connectivity index (χ0) is 13.9. The van der Waals surface area contributed by atoms with E-state index in [1.807, 2.05) is 19.4 Å². The first kappa shape index (κ1) is 14.1. The summed E-state index contributed by atoms with van der Waals surface area (Å²) in [7, 11) is 1.98. The average molecular weight is 276 g/mol. The van der Waals surface area contributed by atoms with Crippen molar-refractivity contribution < 1.29 is 0 Å². The molecule has 2 heterocycles. The highest BCUT2D eigenvalue weighted by Crippen LogP contribution is 2.31. The molecule has 0 aromatic carbocycles. The fourth-order valence-electron chi connectivity index (χ4n) is 2.03. The number of aromatic nitrogens is 3. The maximum atomic E-state index is 4.31. The summed E-state index contributed by atoms with van der Waals surface area (Å²) in [6, 6.07) is 4.35. The van der Waals surface area contributed by atoms with E-state index in [2.05, 4.69) is 52.8 Å². The van der Waals surface area contributed by atoms with Crippen molar-refractivity contribution in [3.05, 3.63) is 40.7 Å². The van der Waals surface area contributed by atoms with Crippen LogP contribution in [0.15, 0.2) is 24.5 Å². The number of hydrogen-bond acceptors (Lipinski definition) is 5. The molecule has 102 valence electrons. The van der Waals surface area contributed by atoms with Gasteiger partial charge in [-0.2, -0.15) is 0 Å². The molecule has 2 aromatic rings. The van der Waals surface area contributed by atoms with Crippen LogP contribution in [0.25, 0.3) is 0 Å². The first-order valence-corrected chi connectivity index (χ1v) is 7.18. The summed E-state index contributed by atoms with van der Waals surface area (Å²) in [4.78, 5) is 5.28. The molecule has 2 aromatic heterocycles. The highest BCUT2D eigenvalue weighted by molar-refractivity contribution is 7.05. The van der Waals surface area contributed by atoms with Crippen LogP contribution in [0.1, 0.15) is 42.9 Å². The Morgan fingerprint density at radius 1 is 1.26 bits per heavy atom. The summed E-state index contributed by atoms with van der Waals surface area (Å²) < 4.78 is 4.14. The monoisotopic (exact) mass is 276 g/mol. The van der Waals surface area contributed by atoms with E-state index in [9.17, 15) is 0 Å². The summed E-state index contributed by atoms with van der Waals surface area (Å²) in [5.74, 6) is 0. The minimum absolute atomic E-state index is 0.0235. The van der Waals surface area contributed by atoms with Gasteiger partial charge in [0.05, 0.1) is 10.6 Å². The van der Waals surface area contributed by atoms with Crippen LogP contribution < -0.4 is 5.32 Å². The molecule has 1 N–H and O–H groups in total. The molecule has 1 unspecified atom stereocenters. The molecule has 0 fully saturated rings. The molecular formula is C14H20N4S. The van der Waals surface area contributed by atoms with Crippen molar-refractivity contribution in [1.29, 1.82) is 0 Å². The van der Waals surface area contributed by atoms with Gasteiger partial charge in [-0.25, -0.2) is 0 Å². The lowest BCUT2D eigenvalue weighted by Crippen LogP contribution is -2.23. The Kier molecular flexibility index (Phi) is 4.27. The third kappa shape index (κ3) is 3.36. The smallest absolute Gasteiger partial charge is 0.0857 e. The Balaban J connectivity index is 2.26. The Labute approximate surface area is 118 Å². The predicted molar refractivity (Wildman–Crippen MR) is 78.4 cm³/mol. The van der Waals surface area contributed by atoms with Crippen LogP contribution in [-0.4, -0.2) is 21.6 Å². The maximum Gasteiger partial charge on any atom is 0.0857 e. The molecule has 19 heavy (non-hydrogen) atoms. The van der Waals surface area contributed by atoms with Gasteiger partial charge in [-0.15, -0.1) is 5.10 Å². The normalized spacial score (nSPS) is 13.5. The summed E-state index contributed by atoms with van der Waals surface area (Å²) in [5, 5.41) is 7.69. The second kappa shape index (κ2) is 5.75. The zero-order valence-corrected chi connectivity index (χ0v) is 12.7. The van der Waals surface area contributed by atoms with Gasteiger partial charge in [0.2, 0.25) is 0 Å². The van der Waals surface area contributed by atoms with Crippen molar-refractivity contribution in [3.63, 3.8) is 0 Å². The molecule has 0 spiro atoms. The summed E-state index contributed by atoms with van der Waals surface area (Å²) in [6.45, 7) is 6.52. The van der Waals surface area contributed by atoms with E-state index >= 15 is 0 Å². The van der Waals surface area contributed by atoms with E-state index < -0.39 is 0 Å². The van der Waals surface area contributed by atoms with Crippen LogP contribution in [0, 0.1) is 0 Å². The lowest BCUT2D eigenvalue weighted by atomic mass is 9.89. The third-order valence-electron chi connectivity index (χ3n) is 3.08. The van der Waals surface area contributed by atoms with E-state index in [1.165, 1.54) is 22.0 Å². The van der Waals surface area contributed by atoms with Crippen molar-refractivity contribution >= 4 is 11.5 Å². The second-order valence-corrected chi connectivity index (χ2v) is 6.42. The Bertz CT molecular complexity index is 516. The molecule has 2 rings (SSSR count). The number of likely N-dealkylation sites (N-methyl/N-ethyl adjacent to an activating group) is 1. The van der Waals surface area contributed by atoms with Crippen molar-refractivity contribution in [3.8, 4) is 0 Å². The van der Waals surface area contributed by atoms with Gasteiger partial charge in [0.15, 0.2) is 0 Å². The van der Waals surface area contributed by atoms with Gasteiger partial charge in [-0.3, -0.25) is 4.98 Å². The standard InChI is InChI=1S/C14H20N4S/c1-14(2,3)13-12(19-18-17-13)11(15-4)9-10-5-7-16-8-6-10/h5-8,11,15H,9H2,1-4H3. The lowest BCUT2D eigenvalue weighted by Gasteiger charge is -2.21. The molecule has 0 saturated heterocycles. The average Bonchev–Trinajstić information content (AvgIpc) is 2.86. The van der Waals surface area contributed by atoms with Gasteiger partial charge in [0.1, 0.15) is 0 Å². The Hall–Kier alpha value is -1.33. The van der Waals surface area contributed by atoms with Gasteiger partial charge in [-0.05, 0) is 42.7 Å². The van der Waals surface area contributed by atoms with Crippen molar-refractivity contribution in [1.82, 2.24) is 19.9 Å². The highest BCUT2D eigenvalue weighted by atomic mass is 32.1. The van der Waals surface area contributed by atoms with Crippen molar-refractivity contribution in [2.24, 2.45) is 0 Å². The van der Waals surface area contributed by atoms with Crippen LogP contribution in [0.2, 0.25) is 0 Å². The van der Waals surface area contributed by atoms with Crippen molar-refractivity contribution in [2.75, 3.05) is 7.05 Å². The van der Waals surface area contributed by atoms with Gasteiger partial charge in [0.25, 0.3) is 0 Å². The largest absolute Gasteiger partial charge is 0.312 e. The lowest BCUT2D eigenvalue weighted by molar-refractivity contribution is 0.530. The number of rotatable bonds is 4. The summed E-state index contributed by atoms with van der Waals surface area (Å²) in [6.07, 6.45) is 4.58.